The molecule has 2 amide bonds. The summed E-state index contributed by atoms with van der Waals surface area (Å²) in [5.41, 5.74) is -0.275. The van der Waals surface area contributed by atoms with E-state index in [1.807, 2.05) is 0 Å². The van der Waals surface area contributed by atoms with Crippen LogP contribution in [0.1, 0.15) is 63.4 Å². The smallest absolute Gasteiger partial charge is 0.310 e. The van der Waals surface area contributed by atoms with Gasteiger partial charge in [-0.1, -0.05) is 30.3 Å². The van der Waals surface area contributed by atoms with Crippen molar-refractivity contribution in [2.75, 3.05) is 18.0 Å². The summed E-state index contributed by atoms with van der Waals surface area (Å²) in [6.45, 7) is 2.02. The van der Waals surface area contributed by atoms with Crippen molar-refractivity contribution in [2.45, 2.75) is 69.8 Å². The van der Waals surface area contributed by atoms with E-state index >= 15 is 0 Å². The molecule has 2 unspecified atom stereocenters. The zero-order valence-electron chi connectivity index (χ0n) is 21.4. The van der Waals surface area contributed by atoms with Crippen LogP contribution in [0.5, 0.6) is 0 Å². The Hall–Kier alpha value is -3.36. The Morgan fingerprint density at radius 1 is 1.03 bits per heavy atom. The number of likely N-dealkylation sites (tertiary alicyclic amines) is 1. The number of carbonyl (C=O) groups is 3. The molecule has 9 heteroatoms. The number of carboxylic acids is 1. The number of piperidine rings is 1. The molecule has 204 valence electrons. The van der Waals surface area contributed by atoms with Crippen LogP contribution in [0, 0.1) is 11.2 Å². The second-order valence-electron chi connectivity index (χ2n) is 10.6. The first kappa shape index (κ1) is 27.7. The van der Waals surface area contributed by atoms with Crippen LogP contribution in [0.4, 0.5) is 18.9 Å². The fourth-order valence-electron chi connectivity index (χ4n) is 5.68. The van der Waals surface area contributed by atoms with Gasteiger partial charge in [0, 0.05) is 44.1 Å². The summed E-state index contributed by atoms with van der Waals surface area (Å²) in [5, 5.41) is 10.2. The number of anilines is 1. The molecule has 1 heterocycles. The van der Waals surface area contributed by atoms with Crippen LogP contribution in [0.25, 0.3) is 0 Å². The summed E-state index contributed by atoms with van der Waals surface area (Å²) in [6.07, 6.45) is -0.188. The Balaban J connectivity index is 1.49. The molecule has 1 saturated carbocycles. The van der Waals surface area contributed by atoms with Crippen molar-refractivity contribution in [1.82, 2.24) is 4.90 Å². The third-order valence-electron chi connectivity index (χ3n) is 8.00. The highest BCUT2D eigenvalue weighted by atomic mass is 19.3. The standard InChI is InChI=1S/C29H33F3N2O4/c1-20(21-9-11-22(30)12-10-21)26(36)33-16-14-28(15-17-33,27(37)38)19-25(35)34(23-6-3-2-4-7-23)24-8-5-13-29(31,32)18-24/h2-4,6-7,9-12,20,24H,5,8,13-19H2,1H3,(H,37,38). The van der Waals surface area contributed by atoms with Crippen LogP contribution in [-0.4, -0.2) is 52.8 Å². The monoisotopic (exact) mass is 530 g/mol. The number of halogens is 3. The lowest BCUT2D eigenvalue weighted by Gasteiger charge is -2.42. The minimum Gasteiger partial charge on any atom is -0.481 e. The third-order valence-corrected chi connectivity index (χ3v) is 8.00. The van der Waals surface area contributed by atoms with Crippen molar-refractivity contribution in [1.29, 1.82) is 0 Å². The van der Waals surface area contributed by atoms with E-state index in [0.717, 1.165) is 0 Å². The van der Waals surface area contributed by atoms with Gasteiger partial charge in [-0.25, -0.2) is 13.2 Å². The van der Waals surface area contributed by atoms with Crippen molar-refractivity contribution >= 4 is 23.5 Å². The number of nitrogens with zero attached hydrogens (tertiary/aromatic N) is 2. The predicted molar refractivity (Wildman–Crippen MR) is 136 cm³/mol. The van der Waals surface area contributed by atoms with E-state index in [-0.39, 0.29) is 51.1 Å². The average Bonchev–Trinajstić information content (AvgIpc) is 2.89. The van der Waals surface area contributed by atoms with Gasteiger partial charge in [-0.3, -0.25) is 14.4 Å². The lowest BCUT2D eigenvalue weighted by atomic mass is 9.74. The molecule has 2 fully saturated rings. The Bertz CT molecular complexity index is 1150. The minimum absolute atomic E-state index is 0.0689. The lowest BCUT2D eigenvalue weighted by Crippen LogP contribution is -2.52. The Morgan fingerprint density at radius 3 is 2.24 bits per heavy atom. The average molecular weight is 531 g/mol. The molecule has 1 aliphatic carbocycles. The molecule has 6 nitrogen and oxygen atoms in total. The third kappa shape index (κ3) is 6.03. The maximum absolute atomic E-state index is 14.3. The van der Waals surface area contributed by atoms with Gasteiger partial charge >= 0.3 is 5.97 Å². The number of hydrogen-bond donors (Lipinski definition) is 1. The highest BCUT2D eigenvalue weighted by molar-refractivity contribution is 5.97. The number of amides is 2. The maximum Gasteiger partial charge on any atom is 0.310 e. The molecule has 1 N–H and O–H groups in total. The SMILES string of the molecule is CC(C(=O)N1CCC(CC(=O)N(c2ccccc2)C2CCCC(F)(F)C2)(C(=O)O)CC1)c1ccc(F)cc1. The van der Waals surface area contributed by atoms with Crippen LogP contribution in [0.3, 0.4) is 0 Å². The Labute approximate surface area is 220 Å². The zero-order valence-corrected chi connectivity index (χ0v) is 21.4. The van der Waals surface area contributed by atoms with Crippen molar-refractivity contribution in [3.63, 3.8) is 0 Å². The highest BCUT2D eigenvalue weighted by Gasteiger charge is 2.47. The molecule has 1 aliphatic heterocycles. The van der Waals surface area contributed by atoms with Gasteiger partial charge in [-0.05, 0) is 62.4 Å². The van der Waals surface area contributed by atoms with E-state index in [9.17, 15) is 32.7 Å². The summed E-state index contributed by atoms with van der Waals surface area (Å²) in [6, 6.07) is 13.5. The number of rotatable bonds is 7. The second kappa shape index (κ2) is 11.2. The van der Waals surface area contributed by atoms with Crippen LogP contribution in [0.2, 0.25) is 0 Å². The van der Waals surface area contributed by atoms with E-state index in [4.69, 9.17) is 0 Å². The Kier molecular flexibility index (Phi) is 8.13. The number of benzene rings is 2. The number of hydrogen-bond acceptors (Lipinski definition) is 3. The molecule has 0 spiro atoms. The topological polar surface area (TPSA) is 77.9 Å². The molecule has 2 aromatic rings. The van der Waals surface area contributed by atoms with E-state index in [1.54, 1.807) is 54.3 Å². The maximum atomic E-state index is 14.3. The van der Waals surface area contributed by atoms with Gasteiger partial charge in [0.25, 0.3) is 0 Å². The molecular formula is C29H33F3N2O4. The molecule has 4 rings (SSSR count). The van der Waals surface area contributed by atoms with Crippen LogP contribution in [-0.2, 0) is 14.4 Å². The Morgan fingerprint density at radius 2 is 1.66 bits per heavy atom. The van der Waals surface area contributed by atoms with Gasteiger partial charge in [0.1, 0.15) is 5.82 Å². The van der Waals surface area contributed by atoms with Crippen molar-refractivity contribution in [2.24, 2.45) is 5.41 Å². The van der Waals surface area contributed by atoms with Gasteiger partial charge in [-0.2, -0.15) is 0 Å². The summed E-state index contributed by atoms with van der Waals surface area (Å²) in [4.78, 5) is 42.2. The van der Waals surface area contributed by atoms with Gasteiger partial charge in [0.15, 0.2) is 0 Å². The number of carboxylic acid groups (broad SMARTS) is 1. The fourth-order valence-corrected chi connectivity index (χ4v) is 5.68. The van der Waals surface area contributed by atoms with Crippen molar-refractivity contribution < 1.29 is 32.7 Å². The van der Waals surface area contributed by atoms with Crippen LogP contribution >= 0.6 is 0 Å². The lowest BCUT2D eigenvalue weighted by molar-refractivity contribution is -0.157. The van der Waals surface area contributed by atoms with Crippen LogP contribution < -0.4 is 4.90 Å². The molecule has 0 bridgehead atoms. The molecule has 0 aromatic heterocycles. The van der Waals surface area contributed by atoms with Crippen molar-refractivity contribution in [3.8, 4) is 0 Å². The largest absolute Gasteiger partial charge is 0.481 e. The van der Waals surface area contributed by atoms with Gasteiger partial charge in [-0.15, -0.1) is 0 Å². The number of alkyl halides is 2. The molecule has 2 aromatic carbocycles. The number of para-hydroxylation sites is 1. The van der Waals surface area contributed by atoms with E-state index in [1.165, 1.54) is 17.0 Å². The fraction of sp³-hybridized carbons (Fsp3) is 0.483. The summed E-state index contributed by atoms with van der Waals surface area (Å²) in [5.74, 6) is -5.64. The quantitative estimate of drug-likeness (QED) is 0.504. The normalized spacial score (nSPS) is 21.4. The molecule has 2 atom stereocenters. The molecule has 1 saturated heterocycles. The van der Waals surface area contributed by atoms with E-state index < -0.39 is 47.4 Å². The zero-order chi connectivity index (χ0) is 27.5. The van der Waals surface area contributed by atoms with Crippen molar-refractivity contribution in [3.05, 3.63) is 66.0 Å². The van der Waals surface area contributed by atoms with E-state index in [0.29, 0.717) is 17.7 Å². The summed E-state index contributed by atoms with van der Waals surface area (Å²) < 4.78 is 41.9. The molecule has 38 heavy (non-hydrogen) atoms. The van der Waals surface area contributed by atoms with Gasteiger partial charge in [0.2, 0.25) is 17.7 Å². The first-order valence-corrected chi connectivity index (χ1v) is 13.0. The first-order chi connectivity index (χ1) is 18.0. The molecule has 2 aliphatic rings. The predicted octanol–water partition coefficient (Wildman–Crippen LogP) is 5.62. The number of aliphatic carboxylic acids is 1. The second-order valence-corrected chi connectivity index (χ2v) is 10.6. The van der Waals surface area contributed by atoms with Gasteiger partial charge < -0.3 is 14.9 Å². The molecule has 0 radical (unpaired) electrons. The summed E-state index contributed by atoms with van der Waals surface area (Å²) >= 11 is 0. The van der Waals surface area contributed by atoms with Crippen LogP contribution in [0.15, 0.2) is 54.6 Å². The molecular weight excluding hydrogens is 497 g/mol. The highest BCUT2D eigenvalue weighted by Crippen LogP contribution is 2.41. The van der Waals surface area contributed by atoms with E-state index in [2.05, 4.69) is 0 Å². The first-order valence-electron chi connectivity index (χ1n) is 13.0. The minimum atomic E-state index is -2.88. The number of carbonyl (C=O) groups excluding carboxylic acids is 2. The summed E-state index contributed by atoms with van der Waals surface area (Å²) in [7, 11) is 0. The van der Waals surface area contributed by atoms with Gasteiger partial charge in [0.05, 0.1) is 11.3 Å².